The van der Waals surface area contributed by atoms with Crippen LogP contribution in [0.1, 0.15) is 12.8 Å². The Morgan fingerprint density at radius 2 is 1.82 bits per heavy atom. The second kappa shape index (κ2) is 6.64. The summed E-state index contributed by atoms with van der Waals surface area (Å²) < 4.78 is 5.11. The molecular weight excluding hydrogens is 228 g/mol. The SMILES string of the molecule is O=C(O)/C=C/C(=O)NC(=O)NC1CCOCC1. The van der Waals surface area contributed by atoms with Crippen molar-refractivity contribution in [2.45, 2.75) is 18.9 Å². The predicted molar refractivity (Wildman–Crippen MR) is 57.3 cm³/mol. The van der Waals surface area contributed by atoms with Crippen LogP contribution in [0.3, 0.4) is 0 Å². The van der Waals surface area contributed by atoms with Gasteiger partial charge in [-0.25, -0.2) is 9.59 Å². The van der Waals surface area contributed by atoms with E-state index >= 15 is 0 Å². The third kappa shape index (κ3) is 5.67. The van der Waals surface area contributed by atoms with Crippen molar-refractivity contribution in [3.63, 3.8) is 0 Å². The molecule has 17 heavy (non-hydrogen) atoms. The largest absolute Gasteiger partial charge is 0.478 e. The van der Waals surface area contributed by atoms with Crippen molar-refractivity contribution < 1.29 is 24.2 Å². The van der Waals surface area contributed by atoms with Crippen LogP contribution in [0.15, 0.2) is 12.2 Å². The molecule has 1 fully saturated rings. The number of ether oxygens (including phenoxy) is 1. The molecule has 1 aliphatic heterocycles. The number of nitrogens with one attached hydrogen (secondary N) is 2. The zero-order valence-electron chi connectivity index (χ0n) is 9.14. The van der Waals surface area contributed by atoms with Gasteiger partial charge in [0.15, 0.2) is 0 Å². The molecule has 0 bridgehead atoms. The Balaban J connectivity index is 2.28. The van der Waals surface area contributed by atoms with Gasteiger partial charge in [-0.2, -0.15) is 0 Å². The van der Waals surface area contributed by atoms with E-state index < -0.39 is 17.9 Å². The van der Waals surface area contributed by atoms with Crippen LogP contribution in [0.5, 0.6) is 0 Å². The number of carbonyl (C=O) groups is 3. The Hall–Kier alpha value is -1.89. The summed E-state index contributed by atoms with van der Waals surface area (Å²) in [6.07, 6.45) is 2.85. The average molecular weight is 242 g/mol. The van der Waals surface area contributed by atoms with E-state index in [1.165, 1.54) is 0 Å². The van der Waals surface area contributed by atoms with E-state index in [9.17, 15) is 14.4 Å². The molecule has 1 aliphatic rings. The number of amides is 3. The second-order valence-corrected chi connectivity index (χ2v) is 3.52. The number of carboxylic acid groups (broad SMARTS) is 1. The van der Waals surface area contributed by atoms with Crippen LogP contribution in [0.25, 0.3) is 0 Å². The summed E-state index contributed by atoms with van der Waals surface area (Å²) in [6.45, 7) is 1.16. The highest BCUT2D eigenvalue weighted by Gasteiger charge is 2.16. The zero-order valence-corrected chi connectivity index (χ0v) is 9.14. The van der Waals surface area contributed by atoms with Crippen LogP contribution in [0, 0.1) is 0 Å². The molecular formula is C10H14N2O5. The highest BCUT2D eigenvalue weighted by atomic mass is 16.5. The molecule has 3 N–H and O–H groups in total. The lowest BCUT2D eigenvalue weighted by atomic mass is 10.1. The third-order valence-corrected chi connectivity index (χ3v) is 2.17. The van der Waals surface area contributed by atoms with Crippen molar-refractivity contribution in [3.8, 4) is 0 Å². The summed E-state index contributed by atoms with van der Waals surface area (Å²) in [7, 11) is 0. The van der Waals surface area contributed by atoms with Gasteiger partial charge >= 0.3 is 12.0 Å². The first-order valence-corrected chi connectivity index (χ1v) is 5.18. The van der Waals surface area contributed by atoms with E-state index in [4.69, 9.17) is 9.84 Å². The summed E-state index contributed by atoms with van der Waals surface area (Å²) in [5, 5.41) is 12.9. The van der Waals surface area contributed by atoms with Gasteiger partial charge in [-0.05, 0) is 12.8 Å². The Morgan fingerprint density at radius 1 is 1.18 bits per heavy atom. The van der Waals surface area contributed by atoms with E-state index in [-0.39, 0.29) is 6.04 Å². The molecule has 0 unspecified atom stereocenters. The van der Waals surface area contributed by atoms with Crippen molar-refractivity contribution >= 4 is 17.9 Å². The topological polar surface area (TPSA) is 105 Å². The molecule has 7 heteroatoms. The van der Waals surface area contributed by atoms with E-state index in [0.717, 1.165) is 6.08 Å². The highest BCUT2D eigenvalue weighted by molar-refractivity contribution is 6.02. The quantitative estimate of drug-likeness (QED) is 0.586. The fourth-order valence-electron chi connectivity index (χ4n) is 1.36. The monoisotopic (exact) mass is 242 g/mol. The second-order valence-electron chi connectivity index (χ2n) is 3.52. The summed E-state index contributed by atoms with van der Waals surface area (Å²) >= 11 is 0. The molecule has 0 aliphatic carbocycles. The molecule has 1 rings (SSSR count). The van der Waals surface area contributed by atoms with Crippen LogP contribution >= 0.6 is 0 Å². The zero-order chi connectivity index (χ0) is 12.7. The molecule has 0 aromatic carbocycles. The molecule has 94 valence electrons. The fraction of sp³-hybridized carbons (Fsp3) is 0.500. The minimum atomic E-state index is -1.25. The normalized spacial score (nSPS) is 16.7. The minimum Gasteiger partial charge on any atom is -0.478 e. The summed E-state index contributed by atoms with van der Waals surface area (Å²) in [4.78, 5) is 32.5. The Kier molecular flexibility index (Phi) is 5.15. The van der Waals surface area contributed by atoms with Gasteiger partial charge in [0.1, 0.15) is 0 Å². The first-order valence-electron chi connectivity index (χ1n) is 5.18. The lowest BCUT2D eigenvalue weighted by Gasteiger charge is -2.22. The molecule has 1 heterocycles. The summed E-state index contributed by atoms with van der Waals surface area (Å²) in [5.41, 5.74) is 0. The molecule has 3 amide bonds. The van der Waals surface area contributed by atoms with Crippen LogP contribution in [0.2, 0.25) is 0 Å². The molecule has 0 atom stereocenters. The van der Waals surface area contributed by atoms with Gasteiger partial charge < -0.3 is 15.2 Å². The number of aliphatic carboxylic acids is 1. The summed E-state index contributed by atoms with van der Waals surface area (Å²) in [6, 6.07) is -0.642. The summed E-state index contributed by atoms with van der Waals surface area (Å²) in [5.74, 6) is -2.01. The smallest absolute Gasteiger partial charge is 0.328 e. The van der Waals surface area contributed by atoms with Gasteiger partial charge in [0.2, 0.25) is 0 Å². The first-order chi connectivity index (χ1) is 8.08. The van der Waals surface area contributed by atoms with Gasteiger partial charge in [0, 0.05) is 31.4 Å². The van der Waals surface area contributed by atoms with Crippen LogP contribution in [-0.4, -0.2) is 42.3 Å². The number of rotatable bonds is 3. The maximum atomic E-state index is 11.3. The third-order valence-electron chi connectivity index (χ3n) is 2.17. The highest BCUT2D eigenvalue weighted by Crippen LogP contribution is 2.05. The Bertz CT molecular complexity index is 334. The van der Waals surface area contributed by atoms with Crippen LogP contribution in [0.4, 0.5) is 4.79 Å². The van der Waals surface area contributed by atoms with E-state index in [1.807, 2.05) is 5.32 Å². The number of imide groups is 1. The predicted octanol–water partition coefficient (Wildman–Crippen LogP) is -0.368. The molecule has 0 radical (unpaired) electrons. The number of carboxylic acids is 1. The van der Waals surface area contributed by atoms with Crippen molar-refractivity contribution in [2.24, 2.45) is 0 Å². The number of hydrogen-bond acceptors (Lipinski definition) is 4. The molecule has 0 saturated carbocycles. The van der Waals surface area contributed by atoms with Crippen molar-refractivity contribution in [1.82, 2.24) is 10.6 Å². The van der Waals surface area contributed by atoms with E-state index in [2.05, 4.69) is 5.32 Å². The molecule has 7 nitrogen and oxygen atoms in total. The number of carbonyl (C=O) groups excluding carboxylic acids is 2. The van der Waals surface area contributed by atoms with E-state index in [1.54, 1.807) is 0 Å². The lowest BCUT2D eigenvalue weighted by Crippen LogP contribution is -2.46. The fourth-order valence-corrected chi connectivity index (χ4v) is 1.36. The van der Waals surface area contributed by atoms with Crippen LogP contribution in [-0.2, 0) is 14.3 Å². The Morgan fingerprint density at radius 3 is 2.41 bits per heavy atom. The van der Waals surface area contributed by atoms with Crippen molar-refractivity contribution in [1.29, 1.82) is 0 Å². The molecule has 0 aromatic heterocycles. The van der Waals surface area contributed by atoms with Gasteiger partial charge in [0.25, 0.3) is 5.91 Å². The average Bonchev–Trinajstić information content (AvgIpc) is 2.27. The van der Waals surface area contributed by atoms with Crippen LogP contribution < -0.4 is 10.6 Å². The Labute approximate surface area is 97.8 Å². The number of urea groups is 1. The molecule has 1 saturated heterocycles. The van der Waals surface area contributed by atoms with Gasteiger partial charge in [-0.3, -0.25) is 10.1 Å². The minimum absolute atomic E-state index is 0.0139. The van der Waals surface area contributed by atoms with Gasteiger partial charge in [-0.1, -0.05) is 0 Å². The lowest BCUT2D eigenvalue weighted by molar-refractivity contribution is -0.131. The first kappa shape index (κ1) is 13.2. The maximum Gasteiger partial charge on any atom is 0.328 e. The van der Waals surface area contributed by atoms with Gasteiger partial charge in [0.05, 0.1) is 0 Å². The molecule has 0 aromatic rings. The van der Waals surface area contributed by atoms with Crippen molar-refractivity contribution in [2.75, 3.05) is 13.2 Å². The standard InChI is InChI=1S/C10H14N2O5/c13-8(1-2-9(14)15)12-10(16)11-7-3-5-17-6-4-7/h1-2,7H,3-6H2,(H,14,15)(H2,11,12,13,16)/b2-1+. The maximum absolute atomic E-state index is 11.3. The molecule has 0 spiro atoms. The number of hydrogen-bond donors (Lipinski definition) is 3. The van der Waals surface area contributed by atoms with Gasteiger partial charge in [-0.15, -0.1) is 0 Å². The van der Waals surface area contributed by atoms with E-state index in [0.29, 0.717) is 32.1 Å². The van der Waals surface area contributed by atoms with Crippen molar-refractivity contribution in [3.05, 3.63) is 12.2 Å².